The number of benzene rings is 1. The standard InChI is InChI=1S/C24H42O2/c1-5-6-7-8-9-10-11-12-13-14-15-16-17-18-22-20(2)23(25)19-24(26-4)21(22)3/h19,25H,5-18H2,1-4H3. The van der Waals surface area contributed by atoms with E-state index in [0.29, 0.717) is 5.75 Å². The maximum Gasteiger partial charge on any atom is 0.125 e. The number of rotatable bonds is 15. The largest absolute Gasteiger partial charge is 0.508 e. The van der Waals surface area contributed by atoms with Gasteiger partial charge in [-0.3, -0.25) is 0 Å². The summed E-state index contributed by atoms with van der Waals surface area (Å²) in [6.07, 6.45) is 19.0. The van der Waals surface area contributed by atoms with E-state index >= 15 is 0 Å². The first-order valence-electron chi connectivity index (χ1n) is 11.0. The van der Waals surface area contributed by atoms with E-state index in [1.807, 2.05) is 6.92 Å². The minimum atomic E-state index is 0.358. The smallest absolute Gasteiger partial charge is 0.125 e. The molecule has 2 heteroatoms. The Balaban J connectivity index is 2.09. The van der Waals surface area contributed by atoms with Gasteiger partial charge in [0.1, 0.15) is 11.5 Å². The third-order valence-corrected chi connectivity index (χ3v) is 5.68. The van der Waals surface area contributed by atoms with Crippen molar-refractivity contribution in [2.45, 2.75) is 111 Å². The first kappa shape index (κ1) is 22.9. The highest BCUT2D eigenvalue weighted by Crippen LogP contribution is 2.32. The molecule has 1 aromatic carbocycles. The van der Waals surface area contributed by atoms with Crippen LogP contribution in [0.15, 0.2) is 6.07 Å². The summed E-state index contributed by atoms with van der Waals surface area (Å²) in [4.78, 5) is 0. The normalized spacial score (nSPS) is 11.1. The second-order valence-corrected chi connectivity index (χ2v) is 7.82. The van der Waals surface area contributed by atoms with Crippen LogP contribution in [0.25, 0.3) is 0 Å². The fraction of sp³-hybridized carbons (Fsp3) is 0.750. The molecule has 1 rings (SSSR count). The Morgan fingerprint density at radius 2 is 1.19 bits per heavy atom. The Kier molecular flexibility index (Phi) is 12.3. The van der Waals surface area contributed by atoms with Gasteiger partial charge in [-0.15, -0.1) is 0 Å². The molecule has 1 N–H and O–H groups in total. The van der Waals surface area contributed by atoms with Crippen LogP contribution >= 0.6 is 0 Å². The topological polar surface area (TPSA) is 29.5 Å². The molecule has 0 unspecified atom stereocenters. The number of phenolic OH excluding ortho intramolecular Hbond substituents is 1. The van der Waals surface area contributed by atoms with Crippen LogP contribution in [0.4, 0.5) is 0 Å². The van der Waals surface area contributed by atoms with Gasteiger partial charge in [0, 0.05) is 6.07 Å². The van der Waals surface area contributed by atoms with Gasteiger partial charge in [-0.2, -0.15) is 0 Å². The molecule has 0 aliphatic heterocycles. The van der Waals surface area contributed by atoms with Gasteiger partial charge in [0.2, 0.25) is 0 Å². The summed E-state index contributed by atoms with van der Waals surface area (Å²) in [5.41, 5.74) is 3.47. The summed E-state index contributed by atoms with van der Waals surface area (Å²) in [6, 6.07) is 1.73. The molecule has 0 atom stereocenters. The number of phenols is 1. The molecule has 1 aromatic rings. The predicted octanol–water partition coefficient (Wildman–Crippen LogP) is 7.65. The molecule has 0 saturated heterocycles. The average molecular weight is 363 g/mol. The van der Waals surface area contributed by atoms with Crippen LogP contribution in [-0.2, 0) is 6.42 Å². The molecule has 0 aliphatic rings. The van der Waals surface area contributed by atoms with Crippen molar-refractivity contribution in [1.82, 2.24) is 0 Å². The molecular weight excluding hydrogens is 320 g/mol. The van der Waals surface area contributed by atoms with E-state index in [0.717, 1.165) is 17.7 Å². The zero-order valence-electron chi connectivity index (χ0n) is 17.8. The van der Waals surface area contributed by atoms with Crippen molar-refractivity contribution < 1.29 is 9.84 Å². The number of hydrogen-bond acceptors (Lipinski definition) is 2. The number of methoxy groups -OCH3 is 1. The average Bonchev–Trinajstić information content (AvgIpc) is 2.64. The number of unbranched alkanes of at least 4 members (excludes halogenated alkanes) is 12. The fourth-order valence-corrected chi connectivity index (χ4v) is 3.83. The van der Waals surface area contributed by atoms with E-state index in [9.17, 15) is 5.11 Å². The summed E-state index contributed by atoms with van der Waals surface area (Å²) in [5.74, 6) is 1.16. The first-order valence-corrected chi connectivity index (χ1v) is 11.0. The molecular formula is C24H42O2. The molecule has 0 saturated carbocycles. The van der Waals surface area contributed by atoms with E-state index in [-0.39, 0.29) is 0 Å². The van der Waals surface area contributed by atoms with E-state index in [2.05, 4.69) is 13.8 Å². The molecule has 0 fully saturated rings. The SMILES string of the molecule is CCCCCCCCCCCCCCCc1c(C)c(O)cc(OC)c1C. The first-order chi connectivity index (χ1) is 12.6. The quantitative estimate of drug-likeness (QED) is 0.325. The Hall–Kier alpha value is -1.18. The van der Waals surface area contributed by atoms with E-state index in [1.54, 1.807) is 13.2 Å². The summed E-state index contributed by atoms with van der Waals surface area (Å²) >= 11 is 0. The summed E-state index contributed by atoms with van der Waals surface area (Å²) < 4.78 is 5.38. The molecule has 26 heavy (non-hydrogen) atoms. The molecule has 0 heterocycles. The number of ether oxygens (including phenoxy) is 1. The van der Waals surface area contributed by atoms with Gasteiger partial charge in [0.05, 0.1) is 7.11 Å². The lowest BCUT2D eigenvalue weighted by Gasteiger charge is -2.15. The third-order valence-electron chi connectivity index (χ3n) is 5.68. The van der Waals surface area contributed by atoms with Crippen LogP contribution in [0, 0.1) is 13.8 Å². The summed E-state index contributed by atoms with van der Waals surface area (Å²) in [6.45, 7) is 6.39. The maximum absolute atomic E-state index is 10.1. The highest BCUT2D eigenvalue weighted by molar-refractivity contribution is 5.51. The van der Waals surface area contributed by atoms with Crippen molar-refractivity contribution in [2.75, 3.05) is 7.11 Å². The second-order valence-electron chi connectivity index (χ2n) is 7.82. The Morgan fingerprint density at radius 1 is 0.731 bits per heavy atom. The highest BCUT2D eigenvalue weighted by atomic mass is 16.5. The Labute approximate surface area is 162 Å². The molecule has 2 nitrogen and oxygen atoms in total. The van der Waals surface area contributed by atoms with Crippen LogP contribution < -0.4 is 4.74 Å². The van der Waals surface area contributed by atoms with Gasteiger partial charge >= 0.3 is 0 Å². The minimum absolute atomic E-state index is 0.358. The van der Waals surface area contributed by atoms with Gasteiger partial charge in [0.25, 0.3) is 0 Å². The number of hydrogen-bond donors (Lipinski definition) is 1. The van der Waals surface area contributed by atoms with Gasteiger partial charge in [-0.25, -0.2) is 0 Å². The van der Waals surface area contributed by atoms with Crippen molar-refractivity contribution in [2.24, 2.45) is 0 Å². The zero-order valence-corrected chi connectivity index (χ0v) is 17.8. The van der Waals surface area contributed by atoms with Crippen molar-refractivity contribution in [1.29, 1.82) is 0 Å². The molecule has 0 spiro atoms. The second kappa shape index (κ2) is 13.9. The van der Waals surface area contributed by atoms with Gasteiger partial charge in [-0.1, -0.05) is 84.0 Å². The van der Waals surface area contributed by atoms with E-state index < -0.39 is 0 Å². The lowest BCUT2D eigenvalue weighted by Crippen LogP contribution is -1.98. The predicted molar refractivity (Wildman–Crippen MR) is 114 cm³/mol. The molecule has 0 bridgehead atoms. The Bertz CT molecular complexity index is 493. The van der Waals surface area contributed by atoms with Crippen LogP contribution in [0.2, 0.25) is 0 Å². The Morgan fingerprint density at radius 3 is 1.65 bits per heavy atom. The minimum Gasteiger partial charge on any atom is -0.508 e. The van der Waals surface area contributed by atoms with Crippen LogP contribution in [0.1, 0.15) is 107 Å². The lowest BCUT2D eigenvalue weighted by atomic mass is 9.95. The van der Waals surface area contributed by atoms with Crippen molar-refractivity contribution in [3.8, 4) is 11.5 Å². The maximum atomic E-state index is 10.1. The van der Waals surface area contributed by atoms with Crippen LogP contribution in [0.5, 0.6) is 11.5 Å². The lowest BCUT2D eigenvalue weighted by molar-refractivity contribution is 0.402. The molecule has 0 aliphatic carbocycles. The van der Waals surface area contributed by atoms with Gasteiger partial charge in [0.15, 0.2) is 0 Å². The summed E-state index contributed by atoms with van der Waals surface area (Å²) in [7, 11) is 1.67. The van der Waals surface area contributed by atoms with Crippen molar-refractivity contribution >= 4 is 0 Å². The monoisotopic (exact) mass is 362 g/mol. The zero-order chi connectivity index (χ0) is 19.2. The van der Waals surface area contributed by atoms with Crippen molar-refractivity contribution in [3.63, 3.8) is 0 Å². The highest BCUT2D eigenvalue weighted by Gasteiger charge is 2.12. The van der Waals surface area contributed by atoms with Crippen LogP contribution in [-0.4, -0.2) is 12.2 Å². The number of aromatic hydroxyl groups is 1. The fourth-order valence-electron chi connectivity index (χ4n) is 3.83. The molecule has 0 aromatic heterocycles. The summed E-state index contributed by atoms with van der Waals surface area (Å²) in [5, 5.41) is 10.1. The van der Waals surface area contributed by atoms with Crippen LogP contribution in [0.3, 0.4) is 0 Å². The molecule has 0 amide bonds. The van der Waals surface area contributed by atoms with Gasteiger partial charge < -0.3 is 9.84 Å². The molecule has 0 radical (unpaired) electrons. The van der Waals surface area contributed by atoms with Gasteiger partial charge in [-0.05, 0) is 43.4 Å². The molecule has 150 valence electrons. The van der Waals surface area contributed by atoms with Crippen molar-refractivity contribution in [3.05, 3.63) is 22.8 Å². The third kappa shape index (κ3) is 8.47. The van der Waals surface area contributed by atoms with E-state index in [1.165, 1.54) is 94.6 Å². The van der Waals surface area contributed by atoms with E-state index in [4.69, 9.17) is 4.74 Å².